The van der Waals surface area contributed by atoms with E-state index in [1.807, 2.05) is 18.2 Å². The number of carbonyl (C=O) groups excluding carboxylic acids is 1. The molecule has 2 nitrogen and oxygen atoms in total. The van der Waals surface area contributed by atoms with Crippen molar-refractivity contribution >= 4 is 5.78 Å². The van der Waals surface area contributed by atoms with Crippen molar-refractivity contribution in [2.75, 3.05) is 13.2 Å². The molecule has 0 atom stereocenters. The fourth-order valence-electron chi connectivity index (χ4n) is 1.66. The number of aryl methyl sites for hydroxylation is 1. The highest BCUT2D eigenvalue weighted by atomic mass is 16.5. The number of benzene rings is 1. The van der Waals surface area contributed by atoms with Crippen LogP contribution in [0.15, 0.2) is 30.3 Å². The molecule has 18 heavy (non-hydrogen) atoms. The van der Waals surface area contributed by atoms with E-state index in [2.05, 4.69) is 26.0 Å². The van der Waals surface area contributed by atoms with E-state index in [0.29, 0.717) is 31.1 Å². The number of carbonyl (C=O) groups is 1. The lowest BCUT2D eigenvalue weighted by atomic mass is 10.1. The van der Waals surface area contributed by atoms with Crippen LogP contribution in [-0.2, 0) is 16.0 Å². The molecule has 1 aromatic carbocycles. The standard InChI is InChI=1S/C16H24O2/c1-14(2)10-12-18-13-11-16(17)9-8-15-6-4-3-5-7-15/h3-7,14H,8-13H2,1-2H3. The van der Waals surface area contributed by atoms with Gasteiger partial charge in [-0.2, -0.15) is 0 Å². The van der Waals surface area contributed by atoms with Crippen molar-refractivity contribution in [3.05, 3.63) is 35.9 Å². The van der Waals surface area contributed by atoms with Gasteiger partial charge in [0.25, 0.3) is 0 Å². The second-order valence-corrected chi connectivity index (χ2v) is 5.07. The minimum atomic E-state index is 0.295. The van der Waals surface area contributed by atoms with E-state index in [-0.39, 0.29) is 0 Å². The zero-order valence-electron chi connectivity index (χ0n) is 11.5. The average molecular weight is 248 g/mol. The highest BCUT2D eigenvalue weighted by Gasteiger charge is 2.03. The summed E-state index contributed by atoms with van der Waals surface area (Å²) in [6.07, 6.45) is 3.08. The molecule has 0 heterocycles. The molecule has 0 unspecified atom stereocenters. The predicted molar refractivity (Wildman–Crippen MR) is 74.7 cm³/mol. The summed E-state index contributed by atoms with van der Waals surface area (Å²) in [4.78, 5) is 11.6. The molecule has 1 aromatic rings. The zero-order chi connectivity index (χ0) is 13.2. The molecule has 100 valence electrons. The number of Topliss-reactive ketones (excluding diaryl/α,β-unsaturated/α-hetero) is 1. The third-order valence-electron chi connectivity index (χ3n) is 2.90. The second-order valence-electron chi connectivity index (χ2n) is 5.07. The van der Waals surface area contributed by atoms with Gasteiger partial charge in [-0.05, 0) is 24.3 Å². The SMILES string of the molecule is CC(C)CCOCCC(=O)CCc1ccccc1. The molecule has 0 radical (unpaired) electrons. The molecular weight excluding hydrogens is 224 g/mol. The molecule has 0 aliphatic rings. The number of hydrogen-bond donors (Lipinski definition) is 0. The molecule has 0 saturated heterocycles. The Morgan fingerprint density at radius 3 is 2.50 bits per heavy atom. The largest absolute Gasteiger partial charge is 0.381 e. The van der Waals surface area contributed by atoms with Gasteiger partial charge in [0.2, 0.25) is 0 Å². The molecule has 0 amide bonds. The smallest absolute Gasteiger partial charge is 0.135 e. The second kappa shape index (κ2) is 8.87. The highest BCUT2D eigenvalue weighted by Crippen LogP contribution is 2.04. The van der Waals surface area contributed by atoms with Crippen molar-refractivity contribution in [3.63, 3.8) is 0 Å². The van der Waals surface area contributed by atoms with Gasteiger partial charge in [0.1, 0.15) is 5.78 Å². The minimum absolute atomic E-state index is 0.295. The van der Waals surface area contributed by atoms with E-state index in [1.165, 1.54) is 5.56 Å². The first-order chi connectivity index (χ1) is 8.68. The molecular formula is C16H24O2. The minimum Gasteiger partial charge on any atom is -0.381 e. The Bertz CT molecular complexity index is 330. The Kier molecular flexibility index (Phi) is 7.35. The number of ether oxygens (including phenoxy) is 1. The lowest BCUT2D eigenvalue weighted by molar-refractivity contribution is -0.120. The van der Waals surface area contributed by atoms with Crippen LogP contribution < -0.4 is 0 Å². The van der Waals surface area contributed by atoms with E-state index in [0.717, 1.165) is 19.4 Å². The molecule has 0 aliphatic heterocycles. The van der Waals surface area contributed by atoms with Crippen LogP contribution in [0.2, 0.25) is 0 Å². The average Bonchev–Trinajstić information content (AvgIpc) is 2.37. The lowest BCUT2D eigenvalue weighted by Gasteiger charge is -2.06. The Morgan fingerprint density at radius 2 is 1.83 bits per heavy atom. The maximum atomic E-state index is 11.6. The summed E-state index contributed by atoms with van der Waals surface area (Å²) in [6.45, 7) is 5.69. The van der Waals surface area contributed by atoms with Crippen molar-refractivity contribution in [3.8, 4) is 0 Å². The summed E-state index contributed by atoms with van der Waals surface area (Å²) < 4.78 is 5.45. The normalized spacial score (nSPS) is 10.8. The molecule has 0 bridgehead atoms. The molecule has 0 N–H and O–H groups in total. The van der Waals surface area contributed by atoms with Gasteiger partial charge in [0.05, 0.1) is 6.61 Å². The van der Waals surface area contributed by atoms with Gasteiger partial charge in [-0.1, -0.05) is 44.2 Å². The van der Waals surface area contributed by atoms with Crippen molar-refractivity contribution in [2.45, 2.75) is 39.5 Å². The summed E-state index contributed by atoms with van der Waals surface area (Å²) in [5.41, 5.74) is 1.23. The first-order valence-corrected chi connectivity index (χ1v) is 6.82. The molecule has 0 fully saturated rings. The van der Waals surface area contributed by atoms with Crippen LogP contribution in [0.5, 0.6) is 0 Å². The van der Waals surface area contributed by atoms with Gasteiger partial charge in [-0.3, -0.25) is 4.79 Å². The quantitative estimate of drug-likeness (QED) is 0.624. The first kappa shape index (κ1) is 14.9. The van der Waals surface area contributed by atoms with Crippen molar-refractivity contribution < 1.29 is 9.53 Å². The number of ketones is 1. The third kappa shape index (κ3) is 7.23. The van der Waals surface area contributed by atoms with Crippen LogP contribution in [0.25, 0.3) is 0 Å². The van der Waals surface area contributed by atoms with Crippen molar-refractivity contribution in [2.24, 2.45) is 5.92 Å². The highest BCUT2D eigenvalue weighted by molar-refractivity contribution is 5.78. The van der Waals surface area contributed by atoms with Crippen molar-refractivity contribution in [1.29, 1.82) is 0 Å². The topological polar surface area (TPSA) is 26.3 Å². The van der Waals surface area contributed by atoms with Gasteiger partial charge in [0.15, 0.2) is 0 Å². The Labute approximate surface area is 110 Å². The number of rotatable bonds is 9. The molecule has 1 rings (SSSR count). The van der Waals surface area contributed by atoms with Crippen LogP contribution in [-0.4, -0.2) is 19.0 Å². The van der Waals surface area contributed by atoms with Crippen LogP contribution in [0.1, 0.15) is 38.7 Å². The lowest BCUT2D eigenvalue weighted by Crippen LogP contribution is -2.07. The molecule has 0 spiro atoms. The van der Waals surface area contributed by atoms with Crippen LogP contribution in [0.3, 0.4) is 0 Å². The van der Waals surface area contributed by atoms with Gasteiger partial charge in [0, 0.05) is 19.4 Å². The summed E-state index contributed by atoms with van der Waals surface area (Å²) in [6, 6.07) is 10.1. The zero-order valence-corrected chi connectivity index (χ0v) is 11.5. The van der Waals surface area contributed by atoms with Crippen LogP contribution in [0.4, 0.5) is 0 Å². The summed E-state index contributed by atoms with van der Waals surface area (Å²) >= 11 is 0. The summed E-state index contributed by atoms with van der Waals surface area (Å²) in [5.74, 6) is 0.960. The van der Waals surface area contributed by atoms with Crippen molar-refractivity contribution in [1.82, 2.24) is 0 Å². The van der Waals surface area contributed by atoms with Crippen LogP contribution >= 0.6 is 0 Å². The van der Waals surface area contributed by atoms with Crippen LogP contribution in [0, 0.1) is 5.92 Å². The Balaban J connectivity index is 2.04. The monoisotopic (exact) mass is 248 g/mol. The maximum absolute atomic E-state index is 11.6. The van der Waals surface area contributed by atoms with Gasteiger partial charge in [-0.15, -0.1) is 0 Å². The Morgan fingerprint density at radius 1 is 1.11 bits per heavy atom. The molecule has 0 aromatic heterocycles. The maximum Gasteiger partial charge on any atom is 0.135 e. The third-order valence-corrected chi connectivity index (χ3v) is 2.90. The fraction of sp³-hybridized carbons (Fsp3) is 0.562. The van der Waals surface area contributed by atoms with E-state index >= 15 is 0 Å². The Hall–Kier alpha value is -1.15. The fourth-order valence-corrected chi connectivity index (χ4v) is 1.66. The van der Waals surface area contributed by atoms with Gasteiger partial charge in [-0.25, -0.2) is 0 Å². The van der Waals surface area contributed by atoms with E-state index in [1.54, 1.807) is 0 Å². The molecule has 2 heteroatoms. The van der Waals surface area contributed by atoms with E-state index in [4.69, 9.17) is 4.74 Å². The first-order valence-electron chi connectivity index (χ1n) is 6.82. The summed E-state index contributed by atoms with van der Waals surface area (Å²) in [7, 11) is 0. The number of hydrogen-bond acceptors (Lipinski definition) is 2. The van der Waals surface area contributed by atoms with E-state index in [9.17, 15) is 4.79 Å². The summed E-state index contributed by atoms with van der Waals surface area (Å²) in [5, 5.41) is 0. The molecule has 0 aliphatic carbocycles. The van der Waals surface area contributed by atoms with Gasteiger partial charge >= 0.3 is 0 Å². The molecule has 0 saturated carbocycles. The van der Waals surface area contributed by atoms with Gasteiger partial charge < -0.3 is 4.74 Å². The predicted octanol–water partition coefficient (Wildman–Crippen LogP) is 3.64. The van der Waals surface area contributed by atoms with E-state index < -0.39 is 0 Å².